The van der Waals surface area contributed by atoms with Crippen molar-refractivity contribution in [2.75, 3.05) is 18.1 Å². The minimum atomic E-state index is -0.583. The summed E-state index contributed by atoms with van der Waals surface area (Å²) < 4.78 is 7.11. The first-order chi connectivity index (χ1) is 15.9. The van der Waals surface area contributed by atoms with Crippen LogP contribution in [0.25, 0.3) is 6.08 Å². The Morgan fingerprint density at radius 3 is 2.42 bits per heavy atom. The second-order valence-electron chi connectivity index (χ2n) is 7.80. The highest BCUT2D eigenvalue weighted by molar-refractivity contribution is 5.96. The van der Waals surface area contributed by atoms with Crippen molar-refractivity contribution >= 4 is 23.6 Å². The monoisotopic (exact) mass is 443 g/mol. The van der Waals surface area contributed by atoms with Gasteiger partial charge in [0.05, 0.1) is 12.2 Å². The quantitative estimate of drug-likeness (QED) is 0.275. The van der Waals surface area contributed by atoms with Gasteiger partial charge in [-0.15, -0.1) is 6.58 Å². The van der Waals surface area contributed by atoms with Gasteiger partial charge in [-0.25, -0.2) is 4.79 Å². The number of hydrogen-bond acceptors (Lipinski definition) is 4. The molecule has 6 heteroatoms. The van der Waals surface area contributed by atoms with Crippen molar-refractivity contribution in [3.8, 4) is 0 Å². The highest BCUT2D eigenvalue weighted by Crippen LogP contribution is 2.17. The fourth-order valence-electron chi connectivity index (χ4n) is 3.47. The molecule has 3 rings (SSSR count). The number of para-hydroxylation sites is 1. The number of ether oxygens (including phenoxy) is 1. The molecule has 0 aliphatic carbocycles. The van der Waals surface area contributed by atoms with Gasteiger partial charge in [-0.3, -0.25) is 9.48 Å². The number of amides is 1. The van der Waals surface area contributed by atoms with Gasteiger partial charge in [0, 0.05) is 29.6 Å². The third-order valence-electron chi connectivity index (χ3n) is 5.29. The van der Waals surface area contributed by atoms with Gasteiger partial charge in [0.15, 0.2) is 6.61 Å². The van der Waals surface area contributed by atoms with Crippen molar-refractivity contribution in [1.82, 2.24) is 9.78 Å². The van der Waals surface area contributed by atoms with Gasteiger partial charge in [-0.1, -0.05) is 54.1 Å². The predicted molar refractivity (Wildman–Crippen MR) is 131 cm³/mol. The normalized spacial score (nSPS) is 10.9. The molecule has 0 aliphatic heterocycles. The van der Waals surface area contributed by atoms with Gasteiger partial charge >= 0.3 is 5.97 Å². The maximum Gasteiger partial charge on any atom is 0.331 e. The fourth-order valence-corrected chi connectivity index (χ4v) is 3.47. The van der Waals surface area contributed by atoms with E-state index in [0.29, 0.717) is 13.1 Å². The first-order valence-electron chi connectivity index (χ1n) is 10.8. The molecule has 0 spiro atoms. The number of aryl methyl sites for hydroxylation is 2. The third kappa shape index (κ3) is 6.29. The average Bonchev–Trinajstić information content (AvgIpc) is 3.08. The summed E-state index contributed by atoms with van der Waals surface area (Å²) in [5.41, 5.74) is 5.73. The molecular weight excluding hydrogens is 414 g/mol. The summed E-state index contributed by atoms with van der Waals surface area (Å²) in [6.45, 7) is 10.3. The number of anilines is 1. The van der Waals surface area contributed by atoms with E-state index in [2.05, 4.69) is 42.9 Å². The lowest BCUT2D eigenvalue weighted by Gasteiger charge is -2.20. The Morgan fingerprint density at radius 2 is 1.76 bits per heavy atom. The van der Waals surface area contributed by atoms with E-state index >= 15 is 0 Å². The maximum atomic E-state index is 12.6. The van der Waals surface area contributed by atoms with E-state index in [-0.39, 0.29) is 12.5 Å². The van der Waals surface area contributed by atoms with Crippen LogP contribution in [0.4, 0.5) is 5.69 Å². The number of carbonyl (C=O) groups excluding carboxylic acids is 2. The lowest BCUT2D eigenvalue weighted by Crippen LogP contribution is -2.34. The zero-order chi connectivity index (χ0) is 23.8. The minimum Gasteiger partial charge on any atom is -0.452 e. The van der Waals surface area contributed by atoms with Crippen LogP contribution >= 0.6 is 0 Å². The first kappa shape index (κ1) is 23.7. The van der Waals surface area contributed by atoms with E-state index in [1.807, 2.05) is 48.9 Å². The second kappa shape index (κ2) is 11.1. The van der Waals surface area contributed by atoms with Crippen LogP contribution in [0.3, 0.4) is 0 Å². The summed E-state index contributed by atoms with van der Waals surface area (Å²) in [5.74, 6) is -0.902. The Kier molecular flexibility index (Phi) is 7.97. The van der Waals surface area contributed by atoms with Gasteiger partial charge in [0.1, 0.15) is 0 Å². The molecule has 0 unspecified atom stereocenters. The van der Waals surface area contributed by atoms with Crippen LogP contribution in [0, 0.1) is 20.8 Å². The number of rotatable bonds is 9. The Bertz CT molecular complexity index is 1150. The Labute approximate surface area is 194 Å². The largest absolute Gasteiger partial charge is 0.452 e. The van der Waals surface area contributed by atoms with Crippen molar-refractivity contribution in [2.24, 2.45) is 0 Å². The molecule has 0 saturated carbocycles. The summed E-state index contributed by atoms with van der Waals surface area (Å²) in [6.07, 6.45) is 4.65. The molecule has 0 N–H and O–H groups in total. The molecule has 1 heterocycles. The van der Waals surface area contributed by atoms with Crippen LogP contribution in [-0.2, 0) is 20.9 Å². The van der Waals surface area contributed by atoms with Crippen LogP contribution in [0.5, 0.6) is 0 Å². The molecule has 0 radical (unpaired) electrons. The summed E-state index contributed by atoms with van der Waals surface area (Å²) in [4.78, 5) is 26.4. The predicted octanol–water partition coefficient (Wildman–Crippen LogP) is 4.63. The molecule has 3 aromatic rings. The zero-order valence-corrected chi connectivity index (χ0v) is 19.3. The van der Waals surface area contributed by atoms with Crippen molar-refractivity contribution in [1.29, 1.82) is 0 Å². The van der Waals surface area contributed by atoms with Gasteiger partial charge in [0.2, 0.25) is 0 Å². The molecule has 33 heavy (non-hydrogen) atoms. The van der Waals surface area contributed by atoms with Crippen LogP contribution in [0.1, 0.15) is 28.1 Å². The Balaban J connectivity index is 1.62. The highest BCUT2D eigenvalue weighted by atomic mass is 16.5. The van der Waals surface area contributed by atoms with Gasteiger partial charge in [-0.2, -0.15) is 5.10 Å². The van der Waals surface area contributed by atoms with Gasteiger partial charge in [0.25, 0.3) is 5.91 Å². The third-order valence-corrected chi connectivity index (χ3v) is 5.29. The molecule has 2 aromatic carbocycles. The number of aromatic nitrogens is 2. The molecule has 1 aromatic heterocycles. The Morgan fingerprint density at radius 1 is 1.06 bits per heavy atom. The topological polar surface area (TPSA) is 64.4 Å². The number of nitrogens with zero attached hydrogens (tertiary/aromatic N) is 3. The Hall–Kier alpha value is -3.93. The maximum absolute atomic E-state index is 12.6. The second-order valence-corrected chi connectivity index (χ2v) is 7.80. The zero-order valence-electron chi connectivity index (χ0n) is 19.3. The molecule has 6 nitrogen and oxygen atoms in total. The summed E-state index contributed by atoms with van der Waals surface area (Å²) in [6, 6.07) is 17.5. The summed E-state index contributed by atoms with van der Waals surface area (Å²) >= 11 is 0. The lowest BCUT2D eigenvalue weighted by atomic mass is 10.1. The van der Waals surface area contributed by atoms with Crippen molar-refractivity contribution < 1.29 is 14.3 Å². The smallest absolute Gasteiger partial charge is 0.331 e. The lowest BCUT2D eigenvalue weighted by molar-refractivity contribution is -0.142. The average molecular weight is 444 g/mol. The summed E-state index contributed by atoms with van der Waals surface area (Å²) in [5, 5.41) is 4.60. The molecule has 0 atom stereocenters. The highest BCUT2D eigenvalue weighted by Gasteiger charge is 2.16. The van der Waals surface area contributed by atoms with Crippen molar-refractivity contribution in [3.63, 3.8) is 0 Å². The van der Waals surface area contributed by atoms with Crippen LogP contribution in [0.15, 0.2) is 73.3 Å². The molecule has 0 saturated heterocycles. The first-order valence-corrected chi connectivity index (χ1v) is 10.8. The number of hydrogen-bond donors (Lipinski definition) is 0. The fraction of sp³-hybridized carbons (Fsp3) is 0.222. The van der Waals surface area contributed by atoms with Crippen LogP contribution < -0.4 is 4.90 Å². The van der Waals surface area contributed by atoms with Crippen LogP contribution in [-0.4, -0.2) is 34.8 Å². The van der Waals surface area contributed by atoms with Gasteiger partial charge in [-0.05, 0) is 44.5 Å². The number of esters is 1. The van der Waals surface area contributed by atoms with Crippen molar-refractivity contribution in [2.45, 2.75) is 27.3 Å². The van der Waals surface area contributed by atoms with Crippen LogP contribution in [0.2, 0.25) is 0 Å². The summed E-state index contributed by atoms with van der Waals surface area (Å²) in [7, 11) is 0. The SMILES string of the molecule is C=CCN(C(=O)COC(=O)/C=C/c1c(C)nn(Cc2ccc(C)cc2)c1C)c1ccccc1. The standard InChI is InChI=1S/C27H29N3O3/c1-5-17-29(24-9-7-6-8-10-24)26(31)19-33-27(32)16-15-25-21(3)28-30(22(25)4)18-23-13-11-20(2)12-14-23/h5-16H,1,17-19H2,2-4H3/b16-15+. The molecular formula is C27H29N3O3. The van der Waals surface area contributed by atoms with E-state index in [9.17, 15) is 9.59 Å². The molecule has 0 aliphatic rings. The van der Waals surface area contributed by atoms with E-state index < -0.39 is 5.97 Å². The van der Waals surface area contributed by atoms with E-state index in [0.717, 1.165) is 28.2 Å². The van der Waals surface area contributed by atoms with E-state index in [4.69, 9.17) is 4.74 Å². The molecule has 0 bridgehead atoms. The van der Waals surface area contributed by atoms with E-state index in [1.165, 1.54) is 16.5 Å². The number of benzene rings is 2. The number of carbonyl (C=O) groups is 2. The molecule has 1 amide bonds. The van der Waals surface area contributed by atoms with Crippen molar-refractivity contribution in [3.05, 3.63) is 101 Å². The minimum absolute atomic E-state index is 0.318. The molecule has 170 valence electrons. The van der Waals surface area contributed by atoms with Gasteiger partial charge < -0.3 is 9.64 Å². The van der Waals surface area contributed by atoms with E-state index in [1.54, 1.807) is 12.2 Å². The molecule has 0 fully saturated rings.